The molecule has 7 heteroatoms. The number of nitrogens with zero attached hydrogens (tertiary/aromatic N) is 2. The van der Waals surface area contributed by atoms with Crippen molar-refractivity contribution in [1.29, 1.82) is 0 Å². The van der Waals surface area contributed by atoms with Crippen molar-refractivity contribution in [3.05, 3.63) is 45.4 Å². The Morgan fingerprint density at radius 3 is 2.77 bits per heavy atom. The fraction of sp³-hybridized carbons (Fsp3) is 0.333. The summed E-state index contributed by atoms with van der Waals surface area (Å²) in [7, 11) is 0. The summed E-state index contributed by atoms with van der Waals surface area (Å²) in [6, 6.07) is 3.55. The second-order valence-electron chi connectivity index (χ2n) is 5.15. The molecule has 0 fully saturated rings. The van der Waals surface area contributed by atoms with Crippen LogP contribution >= 0.6 is 11.3 Å². The molecule has 116 valence electrons. The highest BCUT2D eigenvalue weighted by molar-refractivity contribution is 7.09. The van der Waals surface area contributed by atoms with Gasteiger partial charge in [-0.05, 0) is 43.5 Å². The van der Waals surface area contributed by atoms with Gasteiger partial charge in [-0.3, -0.25) is 4.79 Å². The first-order chi connectivity index (χ1) is 10.4. The molecular formula is C15H13F3N2OS. The van der Waals surface area contributed by atoms with Gasteiger partial charge in [0.1, 0.15) is 5.69 Å². The van der Waals surface area contributed by atoms with Gasteiger partial charge in [0.05, 0.1) is 10.6 Å². The van der Waals surface area contributed by atoms with Crippen LogP contribution in [0.3, 0.4) is 0 Å². The molecule has 1 aromatic heterocycles. The standard InChI is InChI=1S/C15H13F3N2OS/c1-9-19-12(8-22-9)14(21)20-6-2-3-10-7-11(15(16,17)18)4-5-13(10)20/h4-5,7-8H,2-3,6H2,1H3. The molecule has 0 aliphatic carbocycles. The maximum atomic E-state index is 12.8. The molecule has 3 rings (SSSR count). The zero-order valence-corrected chi connectivity index (χ0v) is 12.6. The molecule has 0 N–H and O–H groups in total. The number of aromatic nitrogens is 1. The first-order valence-corrected chi connectivity index (χ1v) is 7.68. The average molecular weight is 326 g/mol. The molecule has 1 aliphatic heterocycles. The number of carbonyl (C=O) groups excluding carboxylic acids is 1. The van der Waals surface area contributed by atoms with Crippen LogP contribution in [0.4, 0.5) is 18.9 Å². The Bertz CT molecular complexity index is 724. The van der Waals surface area contributed by atoms with E-state index in [4.69, 9.17) is 0 Å². The fourth-order valence-corrected chi connectivity index (χ4v) is 3.17. The van der Waals surface area contributed by atoms with Crippen molar-refractivity contribution in [2.24, 2.45) is 0 Å². The summed E-state index contributed by atoms with van der Waals surface area (Å²) >= 11 is 1.38. The SMILES string of the molecule is Cc1nc(C(=O)N2CCCc3cc(C(F)(F)F)ccc32)cs1. The lowest BCUT2D eigenvalue weighted by Gasteiger charge is -2.29. The van der Waals surface area contributed by atoms with E-state index in [2.05, 4.69) is 4.98 Å². The molecule has 1 amide bonds. The van der Waals surface area contributed by atoms with E-state index in [1.54, 1.807) is 12.3 Å². The van der Waals surface area contributed by atoms with E-state index < -0.39 is 11.7 Å². The molecule has 0 saturated carbocycles. The number of alkyl halides is 3. The third-order valence-corrected chi connectivity index (χ3v) is 4.38. The molecule has 2 aromatic rings. The van der Waals surface area contributed by atoms with Gasteiger partial charge in [0.2, 0.25) is 0 Å². The Morgan fingerprint density at radius 1 is 1.36 bits per heavy atom. The topological polar surface area (TPSA) is 33.2 Å². The summed E-state index contributed by atoms with van der Waals surface area (Å²) in [6.07, 6.45) is -3.18. The number of fused-ring (bicyclic) bond motifs is 1. The van der Waals surface area contributed by atoms with Crippen LogP contribution in [-0.4, -0.2) is 17.4 Å². The molecule has 0 bridgehead atoms. The molecule has 1 aliphatic rings. The van der Waals surface area contributed by atoms with Crippen molar-refractivity contribution in [3.8, 4) is 0 Å². The quantitative estimate of drug-likeness (QED) is 0.792. The normalized spacial score (nSPS) is 14.8. The largest absolute Gasteiger partial charge is 0.416 e. The van der Waals surface area contributed by atoms with Gasteiger partial charge in [-0.15, -0.1) is 11.3 Å². The van der Waals surface area contributed by atoms with Gasteiger partial charge in [-0.1, -0.05) is 0 Å². The van der Waals surface area contributed by atoms with Crippen LogP contribution in [-0.2, 0) is 12.6 Å². The van der Waals surface area contributed by atoms with Crippen LogP contribution in [0.5, 0.6) is 0 Å². The van der Waals surface area contributed by atoms with Crippen LogP contribution in [0.2, 0.25) is 0 Å². The van der Waals surface area contributed by atoms with Crippen LogP contribution in [0, 0.1) is 6.92 Å². The van der Waals surface area contributed by atoms with Crippen LogP contribution in [0.1, 0.15) is 33.0 Å². The van der Waals surface area contributed by atoms with Gasteiger partial charge < -0.3 is 4.90 Å². The lowest BCUT2D eigenvalue weighted by molar-refractivity contribution is -0.137. The van der Waals surface area contributed by atoms with Crippen molar-refractivity contribution < 1.29 is 18.0 Å². The van der Waals surface area contributed by atoms with Gasteiger partial charge in [0.15, 0.2) is 0 Å². The molecule has 3 nitrogen and oxygen atoms in total. The monoisotopic (exact) mass is 326 g/mol. The van der Waals surface area contributed by atoms with Crippen LogP contribution in [0.15, 0.2) is 23.6 Å². The van der Waals surface area contributed by atoms with Crippen molar-refractivity contribution in [2.75, 3.05) is 11.4 Å². The number of thiazole rings is 1. The van der Waals surface area contributed by atoms with E-state index in [9.17, 15) is 18.0 Å². The molecule has 1 aromatic carbocycles. The Balaban J connectivity index is 1.96. The Hall–Kier alpha value is -1.89. The first-order valence-electron chi connectivity index (χ1n) is 6.80. The summed E-state index contributed by atoms with van der Waals surface area (Å²) in [4.78, 5) is 18.2. The highest BCUT2D eigenvalue weighted by atomic mass is 32.1. The number of benzene rings is 1. The molecule has 0 spiro atoms. The molecule has 0 radical (unpaired) electrons. The molecule has 0 unspecified atom stereocenters. The highest BCUT2D eigenvalue weighted by Crippen LogP contribution is 2.35. The predicted molar refractivity (Wildman–Crippen MR) is 78.3 cm³/mol. The molecule has 0 atom stereocenters. The number of aryl methyl sites for hydroxylation is 2. The van der Waals surface area contributed by atoms with Gasteiger partial charge in [0, 0.05) is 17.6 Å². The van der Waals surface area contributed by atoms with Crippen LogP contribution in [0.25, 0.3) is 0 Å². The molecule has 2 heterocycles. The summed E-state index contributed by atoms with van der Waals surface area (Å²) in [5.41, 5.74) is 0.775. The van der Waals surface area contributed by atoms with Crippen molar-refractivity contribution >= 4 is 22.9 Å². The summed E-state index contributed by atoms with van der Waals surface area (Å²) in [6.45, 7) is 2.30. The number of amides is 1. The van der Waals surface area contributed by atoms with Gasteiger partial charge in [-0.2, -0.15) is 13.2 Å². The Morgan fingerprint density at radius 2 is 2.14 bits per heavy atom. The van der Waals surface area contributed by atoms with Crippen molar-refractivity contribution in [1.82, 2.24) is 4.98 Å². The molecule has 22 heavy (non-hydrogen) atoms. The lowest BCUT2D eigenvalue weighted by Crippen LogP contribution is -2.35. The third-order valence-electron chi connectivity index (χ3n) is 3.61. The number of hydrogen-bond acceptors (Lipinski definition) is 3. The van der Waals surface area contributed by atoms with Crippen molar-refractivity contribution in [2.45, 2.75) is 25.9 Å². The van der Waals surface area contributed by atoms with Crippen molar-refractivity contribution in [3.63, 3.8) is 0 Å². The minimum absolute atomic E-state index is 0.259. The lowest BCUT2D eigenvalue weighted by atomic mass is 9.98. The smallest absolute Gasteiger partial charge is 0.307 e. The van der Waals surface area contributed by atoms with Gasteiger partial charge in [0.25, 0.3) is 5.91 Å². The van der Waals surface area contributed by atoms with Gasteiger partial charge >= 0.3 is 6.18 Å². The van der Waals surface area contributed by atoms with E-state index in [1.165, 1.54) is 22.3 Å². The van der Waals surface area contributed by atoms with E-state index in [0.29, 0.717) is 36.3 Å². The minimum atomic E-state index is -4.37. The zero-order valence-electron chi connectivity index (χ0n) is 11.8. The minimum Gasteiger partial charge on any atom is -0.307 e. The number of anilines is 1. The number of hydrogen-bond donors (Lipinski definition) is 0. The van der Waals surface area contributed by atoms with E-state index in [1.807, 2.05) is 0 Å². The van der Waals surface area contributed by atoms with Gasteiger partial charge in [-0.25, -0.2) is 4.98 Å². The van der Waals surface area contributed by atoms with E-state index in [0.717, 1.165) is 17.1 Å². The maximum absolute atomic E-state index is 12.8. The fourth-order valence-electron chi connectivity index (χ4n) is 2.58. The third kappa shape index (κ3) is 2.72. The first kappa shape index (κ1) is 15.0. The summed E-state index contributed by atoms with van der Waals surface area (Å²) in [5, 5.41) is 2.46. The second-order valence-corrected chi connectivity index (χ2v) is 6.22. The number of rotatable bonds is 1. The molecular weight excluding hydrogens is 313 g/mol. The summed E-state index contributed by atoms with van der Waals surface area (Å²) < 4.78 is 38.4. The zero-order chi connectivity index (χ0) is 15.9. The van der Waals surface area contributed by atoms with E-state index in [-0.39, 0.29) is 5.91 Å². The number of halogens is 3. The Kier molecular flexibility index (Phi) is 3.68. The summed E-state index contributed by atoms with van der Waals surface area (Å²) in [5.74, 6) is -0.259. The second kappa shape index (κ2) is 5.39. The van der Waals surface area contributed by atoms with E-state index >= 15 is 0 Å². The number of carbonyl (C=O) groups is 1. The highest BCUT2D eigenvalue weighted by Gasteiger charge is 2.33. The predicted octanol–water partition coefficient (Wildman–Crippen LogP) is 4.06. The Labute approximate surface area is 129 Å². The average Bonchev–Trinajstić information content (AvgIpc) is 2.91. The molecule has 0 saturated heterocycles. The van der Waals surface area contributed by atoms with Crippen LogP contribution < -0.4 is 4.90 Å². The maximum Gasteiger partial charge on any atom is 0.416 e.